The summed E-state index contributed by atoms with van der Waals surface area (Å²) in [5.41, 5.74) is 2.79. The molecule has 0 radical (unpaired) electrons. The van der Waals surface area contributed by atoms with E-state index < -0.39 is 0 Å². The van der Waals surface area contributed by atoms with Crippen LogP contribution in [0.25, 0.3) is 27.5 Å². The van der Waals surface area contributed by atoms with E-state index in [0.29, 0.717) is 17.4 Å². The molecule has 2 aromatic heterocycles. The van der Waals surface area contributed by atoms with Gasteiger partial charge in [-0.3, -0.25) is 4.79 Å². The van der Waals surface area contributed by atoms with E-state index in [1.807, 2.05) is 54.6 Å². The van der Waals surface area contributed by atoms with Crippen molar-refractivity contribution in [1.82, 2.24) is 14.6 Å². The molecule has 22 heavy (non-hydrogen) atoms. The Bertz CT molecular complexity index is 1060. The quantitative estimate of drug-likeness (QED) is 0.577. The number of carbonyl (C=O) groups excluding carboxylic acids is 1. The first-order valence-corrected chi connectivity index (χ1v) is 6.84. The fourth-order valence-electron chi connectivity index (χ4n) is 2.77. The molecule has 4 rings (SSSR count). The Morgan fingerprint density at radius 2 is 1.73 bits per heavy atom. The minimum atomic E-state index is -0.362. The van der Waals surface area contributed by atoms with Gasteiger partial charge in [0, 0.05) is 10.9 Å². The first-order valence-electron chi connectivity index (χ1n) is 6.84. The van der Waals surface area contributed by atoms with Crippen molar-refractivity contribution in [2.24, 2.45) is 0 Å². The van der Waals surface area contributed by atoms with Crippen molar-refractivity contribution >= 4 is 22.7 Å². The van der Waals surface area contributed by atoms with E-state index in [2.05, 4.69) is 10.1 Å². The number of nitrogens with one attached hydrogen (secondary N) is 1. The number of rotatable bonds is 2. The second kappa shape index (κ2) is 4.66. The third-order valence-corrected chi connectivity index (χ3v) is 3.70. The fourth-order valence-corrected chi connectivity index (χ4v) is 2.77. The van der Waals surface area contributed by atoms with E-state index in [1.165, 1.54) is 4.52 Å². The number of aromatic nitrogens is 3. The lowest BCUT2D eigenvalue weighted by Crippen LogP contribution is -2.17. The lowest BCUT2D eigenvalue weighted by Gasteiger charge is -2.04. The topological polar surface area (TPSA) is 67.2 Å². The first kappa shape index (κ1) is 12.5. The molecule has 1 N–H and O–H groups in total. The van der Waals surface area contributed by atoms with Crippen molar-refractivity contribution in [3.8, 4) is 11.1 Å². The Hall–Kier alpha value is -3.21. The Morgan fingerprint density at radius 1 is 1.00 bits per heavy atom. The molecule has 0 fully saturated rings. The van der Waals surface area contributed by atoms with Gasteiger partial charge in [0.15, 0.2) is 6.29 Å². The molecule has 0 atom stereocenters. The molecule has 0 aliphatic heterocycles. The maximum absolute atomic E-state index is 12.2. The van der Waals surface area contributed by atoms with Gasteiger partial charge in [0.05, 0.1) is 11.0 Å². The second-order valence-corrected chi connectivity index (χ2v) is 4.98. The van der Waals surface area contributed by atoms with Gasteiger partial charge in [-0.05, 0) is 11.6 Å². The highest BCUT2D eigenvalue weighted by Crippen LogP contribution is 2.30. The standard InChI is InChI=1S/C17H11N3O2/c21-10-14-15(11-6-2-1-3-7-11)16-12-8-4-5-9-13(12)18-17(22)20(16)19-14/h1-10H,(H,18,22). The van der Waals surface area contributed by atoms with Crippen LogP contribution in [-0.4, -0.2) is 20.9 Å². The van der Waals surface area contributed by atoms with Crippen molar-refractivity contribution in [3.05, 3.63) is 70.8 Å². The normalized spacial score (nSPS) is 11.1. The van der Waals surface area contributed by atoms with Gasteiger partial charge in [-0.1, -0.05) is 48.5 Å². The first-order chi connectivity index (χ1) is 10.8. The second-order valence-electron chi connectivity index (χ2n) is 4.98. The van der Waals surface area contributed by atoms with Crippen LogP contribution in [0.2, 0.25) is 0 Å². The molecular weight excluding hydrogens is 278 g/mol. The predicted octanol–water partition coefficient (Wildman–Crippen LogP) is 2.66. The minimum Gasteiger partial charge on any atom is -0.305 e. The summed E-state index contributed by atoms with van der Waals surface area (Å²) in [6, 6.07) is 17.0. The van der Waals surface area contributed by atoms with Crippen molar-refractivity contribution in [1.29, 1.82) is 0 Å². The van der Waals surface area contributed by atoms with Gasteiger partial charge in [-0.2, -0.15) is 9.61 Å². The average molecular weight is 289 g/mol. The summed E-state index contributed by atoms with van der Waals surface area (Å²) in [5, 5.41) is 5.01. The molecule has 2 aromatic carbocycles. The van der Waals surface area contributed by atoms with Gasteiger partial charge in [0.2, 0.25) is 0 Å². The number of hydrogen-bond donors (Lipinski definition) is 1. The maximum atomic E-state index is 12.2. The molecule has 0 aliphatic rings. The largest absolute Gasteiger partial charge is 0.347 e. The van der Waals surface area contributed by atoms with E-state index in [4.69, 9.17) is 0 Å². The number of aromatic amines is 1. The Morgan fingerprint density at radius 3 is 2.50 bits per heavy atom. The van der Waals surface area contributed by atoms with E-state index in [9.17, 15) is 9.59 Å². The average Bonchev–Trinajstić information content (AvgIpc) is 2.96. The molecule has 4 aromatic rings. The van der Waals surface area contributed by atoms with Crippen LogP contribution in [0.3, 0.4) is 0 Å². The third-order valence-electron chi connectivity index (χ3n) is 3.70. The van der Waals surface area contributed by atoms with Crippen LogP contribution >= 0.6 is 0 Å². The summed E-state index contributed by atoms with van der Waals surface area (Å²) in [7, 11) is 0. The Kier molecular flexibility index (Phi) is 2.66. The molecule has 2 heterocycles. The molecular formula is C17H11N3O2. The van der Waals surface area contributed by atoms with Gasteiger partial charge in [-0.15, -0.1) is 0 Å². The predicted molar refractivity (Wildman–Crippen MR) is 84.1 cm³/mol. The van der Waals surface area contributed by atoms with Crippen LogP contribution in [0.4, 0.5) is 0 Å². The summed E-state index contributed by atoms with van der Waals surface area (Å²) in [4.78, 5) is 26.4. The Balaban J connectivity index is 2.28. The van der Waals surface area contributed by atoms with Crippen molar-refractivity contribution in [2.45, 2.75) is 0 Å². The molecule has 5 heteroatoms. The molecule has 0 saturated heterocycles. The zero-order valence-electron chi connectivity index (χ0n) is 11.5. The van der Waals surface area contributed by atoms with Crippen molar-refractivity contribution in [2.75, 3.05) is 0 Å². The number of nitrogens with zero attached hydrogens (tertiary/aromatic N) is 2. The molecule has 0 spiro atoms. The summed E-state index contributed by atoms with van der Waals surface area (Å²) in [5.74, 6) is 0. The summed E-state index contributed by atoms with van der Waals surface area (Å²) >= 11 is 0. The van der Waals surface area contributed by atoms with Crippen LogP contribution in [0.15, 0.2) is 59.4 Å². The van der Waals surface area contributed by atoms with Gasteiger partial charge in [0.25, 0.3) is 0 Å². The third kappa shape index (κ3) is 1.69. The van der Waals surface area contributed by atoms with Crippen LogP contribution in [0, 0.1) is 0 Å². The summed E-state index contributed by atoms with van der Waals surface area (Å²) in [6.45, 7) is 0. The number of benzene rings is 2. The zero-order valence-corrected chi connectivity index (χ0v) is 11.5. The minimum absolute atomic E-state index is 0.257. The maximum Gasteiger partial charge on any atom is 0.347 e. The number of carbonyl (C=O) groups is 1. The summed E-state index contributed by atoms with van der Waals surface area (Å²) < 4.78 is 1.26. The van der Waals surface area contributed by atoms with Crippen LogP contribution in [-0.2, 0) is 0 Å². The molecule has 0 saturated carbocycles. The zero-order chi connectivity index (χ0) is 15.1. The van der Waals surface area contributed by atoms with E-state index in [-0.39, 0.29) is 11.4 Å². The lowest BCUT2D eigenvalue weighted by atomic mass is 10.0. The van der Waals surface area contributed by atoms with E-state index in [1.54, 1.807) is 0 Å². The number of H-pyrrole nitrogens is 1. The molecule has 0 aliphatic carbocycles. The lowest BCUT2D eigenvalue weighted by molar-refractivity contribution is 0.111. The smallest absolute Gasteiger partial charge is 0.305 e. The van der Waals surface area contributed by atoms with Crippen LogP contribution < -0.4 is 5.69 Å². The molecule has 5 nitrogen and oxygen atoms in total. The van der Waals surface area contributed by atoms with Gasteiger partial charge in [-0.25, -0.2) is 4.79 Å². The number of para-hydroxylation sites is 1. The highest BCUT2D eigenvalue weighted by Gasteiger charge is 2.18. The molecule has 0 amide bonds. The van der Waals surface area contributed by atoms with Gasteiger partial charge in [0.1, 0.15) is 5.69 Å². The molecule has 106 valence electrons. The molecule has 0 bridgehead atoms. The van der Waals surface area contributed by atoms with Crippen molar-refractivity contribution < 1.29 is 4.79 Å². The van der Waals surface area contributed by atoms with Crippen LogP contribution in [0.5, 0.6) is 0 Å². The number of fused-ring (bicyclic) bond motifs is 3. The monoisotopic (exact) mass is 289 g/mol. The highest BCUT2D eigenvalue weighted by molar-refractivity contribution is 6.05. The van der Waals surface area contributed by atoms with Gasteiger partial charge >= 0.3 is 5.69 Å². The summed E-state index contributed by atoms with van der Waals surface area (Å²) in [6.07, 6.45) is 0.684. The van der Waals surface area contributed by atoms with Crippen molar-refractivity contribution in [3.63, 3.8) is 0 Å². The number of hydrogen-bond acceptors (Lipinski definition) is 3. The van der Waals surface area contributed by atoms with E-state index >= 15 is 0 Å². The fraction of sp³-hybridized carbons (Fsp3) is 0. The molecule has 0 unspecified atom stereocenters. The van der Waals surface area contributed by atoms with E-state index in [0.717, 1.165) is 16.5 Å². The number of aldehydes is 1. The highest BCUT2D eigenvalue weighted by atomic mass is 16.1. The Labute approximate surface area is 124 Å². The van der Waals surface area contributed by atoms with Crippen LogP contribution in [0.1, 0.15) is 10.5 Å². The SMILES string of the molecule is O=Cc1nn2c(=O)[nH]c3ccccc3c2c1-c1ccccc1. The van der Waals surface area contributed by atoms with Gasteiger partial charge < -0.3 is 4.98 Å².